The van der Waals surface area contributed by atoms with Gasteiger partial charge in [0.25, 0.3) is 0 Å². The number of anilines is 1. The van der Waals surface area contributed by atoms with Crippen LogP contribution in [0.25, 0.3) is 16.7 Å². The number of urea groups is 1. The molecule has 1 fully saturated rings. The van der Waals surface area contributed by atoms with Crippen LogP contribution >= 0.6 is 11.6 Å². The van der Waals surface area contributed by atoms with Crippen molar-refractivity contribution in [2.75, 3.05) is 37.6 Å². The van der Waals surface area contributed by atoms with Gasteiger partial charge in [-0.2, -0.15) is 5.10 Å². The fourth-order valence-electron chi connectivity index (χ4n) is 3.59. The summed E-state index contributed by atoms with van der Waals surface area (Å²) in [5.74, 6) is 1.79. The number of piperazine rings is 1. The first-order chi connectivity index (χ1) is 14.5. The van der Waals surface area contributed by atoms with Crippen molar-refractivity contribution in [3.63, 3.8) is 0 Å². The summed E-state index contributed by atoms with van der Waals surface area (Å²) in [4.78, 5) is 25.9. The lowest BCUT2D eigenvalue weighted by atomic mass is 10.2. The standard InChI is InChI=1S/C21H26ClN7O/c1-4-23-21(30)28-11-9-27(10-12-28)19-15-13-24-29(17-8-6-5-7-16(17)22)20(15)26-18(25-19)14(2)3/h5-8,13-14H,4,9-12H2,1-3H3,(H,23,30). The Kier molecular flexibility index (Phi) is 5.76. The lowest BCUT2D eigenvalue weighted by Crippen LogP contribution is -2.52. The fraction of sp³-hybridized carbons (Fsp3) is 0.429. The molecule has 0 unspecified atom stereocenters. The molecule has 0 saturated carbocycles. The molecule has 0 radical (unpaired) electrons. The number of nitrogens with one attached hydrogen (secondary N) is 1. The normalized spacial score (nSPS) is 14.6. The predicted molar refractivity (Wildman–Crippen MR) is 119 cm³/mol. The van der Waals surface area contributed by atoms with Crippen molar-refractivity contribution >= 4 is 34.5 Å². The van der Waals surface area contributed by atoms with Crippen LogP contribution in [0.2, 0.25) is 5.02 Å². The molecule has 1 aliphatic heterocycles. The monoisotopic (exact) mass is 427 g/mol. The summed E-state index contributed by atoms with van der Waals surface area (Å²) in [6, 6.07) is 7.58. The largest absolute Gasteiger partial charge is 0.352 e. The topological polar surface area (TPSA) is 79.2 Å². The first kappa shape index (κ1) is 20.4. The van der Waals surface area contributed by atoms with E-state index < -0.39 is 0 Å². The van der Waals surface area contributed by atoms with E-state index in [0.29, 0.717) is 37.7 Å². The number of hydrogen-bond donors (Lipinski definition) is 1. The van der Waals surface area contributed by atoms with Crippen molar-refractivity contribution in [1.29, 1.82) is 0 Å². The Morgan fingerprint density at radius 1 is 1.17 bits per heavy atom. The number of para-hydroxylation sites is 1. The smallest absolute Gasteiger partial charge is 0.317 e. The summed E-state index contributed by atoms with van der Waals surface area (Å²) in [5, 5.41) is 8.94. The summed E-state index contributed by atoms with van der Waals surface area (Å²) in [6.07, 6.45) is 1.80. The molecule has 1 aromatic carbocycles. The zero-order valence-electron chi connectivity index (χ0n) is 17.5. The summed E-state index contributed by atoms with van der Waals surface area (Å²) in [6.45, 7) is 9.42. The second-order valence-corrected chi connectivity index (χ2v) is 8.02. The van der Waals surface area contributed by atoms with Crippen molar-refractivity contribution in [1.82, 2.24) is 30.0 Å². The van der Waals surface area contributed by atoms with E-state index in [4.69, 9.17) is 21.6 Å². The molecule has 1 N–H and O–H groups in total. The van der Waals surface area contributed by atoms with Crippen LogP contribution in [0.15, 0.2) is 30.5 Å². The molecule has 9 heteroatoms. The van der Waals surface area contributed by atoms with E-state index >= 15 is 0 Å². The number of halogens is 1. The minimum atomic E-state index is -0.0145. The van der Waals surface area contributed by atoms with Crippen LogP contribution in [0, 0.1) is 0 Å². The second-order valence-electron chi connectivity index (χ2n) is 7.61. The molecule has 4 rings (SSSR count). The maximum Gasteiger partial charge on any atom is 0.317 e. The third kappa shape index (κ3) is 3.79. The zero-order chi connectivity index (χ0) is 21.3. The highest BCUT2D eigenvalue weighted by Gasteiger charge is 2.25. The number of aromatic nitrogens is 4. The van der Waals surface area contributed by atoms with Gasteiger partial charge in [0.2, 0.25) is 0 Å². The Labute approximate surface area is 180 Å². The van der Waals surface area contributed by atoms with Crippen LogP contribution < -0.4 is 10.2 Å². The van der Waals surface area contributed by atoms with Gasteiger partial charge in [-0.05, 0) is 19.1 Å². The van der Waals surface area contributed by atoms with Crippen LogP contribution in [0.3, 0.4) is 0 Å². The van der Waals surface area contributed by atoms with Gasteiger partial charge in [-0.15, -0.1) is 0 Å². The van der Waals surface area contributed by atoms with Crippen LogP contribution in [0.5, 0.6) is 0 Å². The number of nitrogens with zero attached hydrogens (tertiary/aromatic N) is 6. The number of fused-ring (bicyclic) bond motifs is 1. The molecule has 30 heavy (non-hydrogen) atoms. The summed E-state index contributed by atoms with van der Waals surface area (Å²) in [7, 11) is 0. The van der Waals surface area contributed by atoms with Crippen molar-refractivity contribution in [2.45, 2.75) is 26.7 Å². The third-order valence-corrected chi connectivity index (χ3v) is 5.54. The van der Waals surface area contributed by atoms with E-state index in [2.05, 4.69) is 29.2 Å². The van der Waals surface area contributed by atoms with Crippen LogP contribution in [-0.4, -0.2) is 63.4 Å². The molecule has 1 aliphatic rings. The van der Waals surface area contributed by atoms with E-state index in [1.54, 1.807) is 10.9 Å². The van der Waals surface area contributed by atoms with Crippen molar-refractivity contribution in [3.05, 3.63) is 41.3 Å². The first-order valence-electron chi connectivity index (χ1n) is 10.3. The molecule has 0 atom stereocenters. The highest BCUT2D eigenvalue weighted by atomic mass is 35.5. The van der Waals surface area contributed by atoms with Crippen LogP contribution in [0.1, 0.15) is 32.5 Å². The SMILES string of the molecule is CCNC(=O)N1CCN(c2nc(C(C)C)nc3c2cnn3-c2ccccc2Cl)CC1. The average molecular weight is 428 g/mol. The lowest BCUT2D eigenvalue weighted by molar-refractivity contribution is 0.195. The Morgan fingerprint density at radius 3 is 2.57 bits per heavy atom. The maximum absolute atomic E-state index is 12.1. The quantitative estimate of drug-likeness (QED) is 0.689. The summed E-state index contributed by atoms with van der Waals surface area (Å²) < 4.78 is 1.78. The van der Waals surface area contributed by atoms with Crippen LogP contribution in [-0.2, 0) is 0 Å². The molecule has 1 saturated heterocycles. The number of carbonyl (C=O) groups is 1. The highest BCUT2D eigenvalue weighted by molar-refractivity contribution is 6.32. The molecular weight excluding hydrogens is 402 g/mol. The molecule has 0 bridgehead atoms. The van der Waals surface area contributed by atoms with Crippen molar-refractivity contribution < 1.29 is 4.79 Å². The Hall–Kier alpha value is -2.87. The summed E-state index contributed by atoms with van der Waals surface area (Å²) in [5.41, 5.74) is 1.53. The van der Waals surface area contributed by atoms with Gasteiger partial charge >= 0.3 is 6.03 Å². The molecule has 8 nitrogen and oxygen atoms in total. The Balaban J connectivity index is 1.72. The molecule has 158 valence electrons. The molecule has 2 amide bonds. The van der Waals surface area contributed by atoms with Gasteiger partial charge in [-0.3, -0.25) is 0 Å². The maximum atomic E-state index is 12.1. The minimum Gasteiger partial charge on any atom is -0.352 e. The second kappa shape index (κ2) is 8.47. The fourth-order valence-corrected chi connectivity index (χ4v) is 3.81. The average Bonchev–Trinajstić information content (AvgIpc) is 3.17. The molecule has 2 aromatic heterocycles. The van der Waals surface area contributed by atoms with E-state index in [9.17, 15) is 4.79 Å². The van der Waals surface area contributed by atoms with Gasteiger partial charge in [-0.25, -0.2) is 19.4 Å². The number of hydrogen-bond acceptors (Lipinski definition) is 5. The van der Waals surface area contributed by atoms with E-state index in [1.165, 1.54) is 0 Å². The lowest BCUT2D eigenvalue weighted by Gasteiger charge is -2.35. The predicted octanol–water partition coefficient (Wildman–Crippen LogP) is 3.44. The van der Waals surface area contributed by atoms with Gasteiger partial charge < -0.3 is 15.1 Å². The number of benzene rings is 1. The zero-order valence-corrected chi connectivity index (χ0v) is 18.2. The van der Waals surface area contributed by atoms with E-state index in [1.807, 2.05) is 36.1 Å². The van der Waals surface area contributed by atoms with Crippen molar-refractivity contribution in [3.8, 4) is 5.69 Å². The van der Waals surface area contributed by atoms with Gasteiger partial charge in [0.1, 0.15) is 11.6 Å². The van der Waals surface area contributed by atoms with Gasteiger partial charge in [-0.1, -0.05) is 37.6 Å². The van der Waals surface area contributed by atoms with Gasteiger partial charge in [0.15, 0.2) is 5.65 Å². The Morgan fingerprint density at radius 2 is 1.90 bits per heavy atom. The van der Waals surface area contributed by atoms with Crippen molar-refractivity contribution in [2.24, 2.45) is 0 Å². The number of carbonyl (C=O) groups excluding carboxylic acids is 1. The van der Waals surface area contributed by atoms with Gasteiger partial charge in [0.05, 0.1) is 22.3 Å². The molecule has 0 spiro atoms. The number of rotatable bonds is 4. The first-order valence-corrected chi connectivity index (χ1v) is 10.7. The highest BCUT2D eigenvalue weighted by Crippen LogP contribution is 2.30. The molecule has 3 aromatic rings. The molecular formula is C21H26ClN7O. The molecule has 0 aliphatic carbocycles. The van der Waals surface area contributed by atoms with Gasteiger partial charge in [0, 0.05) is 38.6 Å². The molecule has 3 heterocycles. The third-order valence-electron chi connectivity index (χ3n) is 5.22. The minimum absolute atomic E-state index is 0.0145. The number of amides is 2. The van der Waals surface area contributed by atoms with E-state index in [-0.39, 0.29) is 11.9 Å². The van der Waals surface area contributed by atoms with E-state index in [0.717, 1.165) is 28.4 Å². The Bertz CT molecular complexity index is 1060. The summed E-state index contributed by atoms with van der Waals surface area (Å²) >= 11 is 6.42. The van der Waals surface area contributed by atoms with Crippen LogP contribution in [0.4, 0.5) is 10.6 Å².